The Morgan fingerprint density at radius 3 is 1.57 bits per heavy atom. The van der Waals surface area contributed by atoms with E-state index in [4.69, 9.17) is 5.41 Å². The van der Waals surface area contributed by atoms with Crippen LogP contribution in [-0.2, 0) is 6.42 Å². The molecule has 3 rings (SSSR count). The molecule has 0 aliphatic heterocycles. The van der Waals surface area contributed by atoms with Crippen molar-refractivity contribution in [3.63, 3.8) is 0 Å². The van der Waals surface area contributed by atoms with Gasteiger partial charge in [0, 0.05) is 6.21 Å². The van der Waals surface area contributed by atoms with Gasteiger partial charge in [0.15, 0.2) is 0 Å². The van der Waals surface area contributed by atoms with Crippen molar-refractivity contribution in [3.05, 3.63) is 35.1 Å². The minimum Gasteiger partial charge on any atom is -0.313 e. The molecule has 37 heavy (non-hydrogen) atoms. The average molecular weight is 522 g/mol. The SMILES string of the molecule is C1CCC1.CC.CC(C)C(C)C.CCC.CCC(C)(C)C=N.CCCc1cc(F)ccc1C1CCCC1. The van der Waals surface area contributed by atoms with Gasteiger partial charge in [-0.05, 0) is 72.1 Å². The molecule has 2 aliphatic rings. The molecule has 1 nitrogen and oxygen atoms in total. The number of hydrogen-bond acceptors (Lipinski definition) is 1. The van der Waals surface area contributed by atoms with Crippen LogP contribution in [0, 0.1) is 28.5 Å². The zero-order chi connectivity index (χ0) is 29.3. The van der Waals surface area contributed by atoms with Gasteiger partial charge in [0.05, 0.1) is 0 Å². The van der Waals surface area contributed by atoms with Crippen LogP contribution < -0.4 is 0 Å². The molecule has 0 heterocycles. The molecular formula is C35H68FN. The summed E-state index contributed by atoms with van der Waals surface area (Å²) in [5, 5.41) is 6.88. The van der Waals surface area contributed by atoms with E-state index in [0.29, 0.717) is 5.92 Å². The minimum atomic E-state index is -0.0832. The van der Waals surface area contributed by atoms with Crippen LogP contribution >= 0.6 is 0 Å². The van der Waals surface area contributed by atoms with Crippen LogP contribution in [0.3, 0.4) is 0 Å². The number of benzene rings is 1. The smallest absolute Gasteiger partial charge is 0.123 e. The van der Waals surface area contributed by atoms with E-state index in [1.807, 2.05) is 19.9 Å². The van der Waals surface area contributed by atoms with Crippen molar-refractivity contribution in [2.24, 2.45) is 17.3 Å². The topological polar surface area (TPSA) is 23.9 Å². The fraction of sp³-hybridized carbons (Fsp3) is 0.800. The number of aryl methyl sites for hydroxylation is 1. The third kappa shape index (κ3) is 23.7. The second-order valence-corrected chi connectivity index (χ2v) is 11.7. The van der Waals surface area contributed by atoms with Crippen molar-refractivity contribution < 1.29 is 4.39 Å². The molecule has 0 saturated heterocycles. The molecule has 2 saturated carbocycles. The molecule has 1 aromatic rings. The van der Waals surface area contributed by atoms with E-state index in [-0.39, 0.29) is 11.2 Å². The fourth-order valence-electron chi connectivity index (χ4n) is 3.05. The molecule has 0 aromatic heterocycles. The van der Waals surface area contributed by atoms with Gasteiger partial charge in [0.25, 0.3) is 0 Å². The molecule has 0 unspecified atom stereocenters. The van der Waals surface area contributed by atoms with Crippen LogP contribution in [0.25, 0.3) is 0 Å². The predicted octanol–water partition coefficient (Wildman–Crippen LogP) is 12.8. The Kier molecular flexibility index (Phi) is 28.8. The zero-order valence-electron chi connectivity index (χ0n) is 27.4. The maximum absolute atomic E-state index is 13.2. The summed E-state index contributed by atoms with van der Waals surface area (Å²) in [4.78, 5) is 0. The molecule has 0 amide bonds. The summed E-state index contributed by atoms with van der Waals surface area (Å²) in [7, 11) is 0. The molecule has 0 radical (unpaired) electrons. The van der Waals surface area contributed by atoms with Crippen LogP contribution in [0.1, 0.15) is 171 Å². The summed E-state index contributed by atoms with van der Waals surface area (Å²) < 4.78 is 13.2. The Balaban J connectivity index is -0.000000441. The van der Waals surface area contributed by atoms with Crippen molar-refractivity contribution in [3.8, 4) is 0 Å². The monoisotopic (exact) mass is 522 g/mol. The van der Waals surface area contributed by atoms with E-state index < -0.39 is 0 Å². The first-order valence-corrected chi connectivity index (χ1v) is 15.8. The molecule has 220 valence electrons. The fourth-order valence-corrected chi connectivity index (χ4v) is 3.05. The Labute approximate surface area is 234 Å². The molecule has 1 N–H and O–H groups in total. The quantitative estimate of drug-likeness (QED) is 0.360. The lowest BCUT2D eigenvalue weighted by molar-refractivity contribution is 0.457. The van der Waals surface area contributed by atoms with Gasteiger partial charge in [-0.1, -0.05) is 141 Å². The Bertz CT molecular complexity index is 598. The predicted molar refractivity (Wildman–Crippen MR) is 170 cm³/mol. The van der Waals surface area contributed by atoms with Gasteiger partial charge in [-0.2, -0.15) is 0 Å². The van der Waals surface area contributed by atoms with Gasteiger partial charge in [0.1, 0.15) is 5.82 Å². The van der Waals surface area contributed by atoms with E-state index in [2.05, 4.69) is 69.2 Å². The molecule has 0 spiro atoms. The summed E-state index contributed by atoms with van der Waals surface area (Å²) in [6, 6.07) is 5.36. The Hall–Kier alpha value is -1.18. The standard InChI is InChI=1S/C14H19F.C6H13N.C6H14.C4H8.C3H8.C2H6/c1-2-5-12-10-13(15)8-9-14(12)11-6-3-4-7-11;1-4-6(2,3)5-7;1-5(2)6(3)4;1-2-4-3-1;1-3-2;1-2/h8-11H,2-7H2,1H3;5,7H,4H2,1-3H3;5-6H,1-4H3;1-4H2;3H2,1-2H3;1-2H3. The molecule has 2 heteroatoms. The molecule has 1 aromatic carbocycles. The van der Waals surface area contributed by atoms with Gasteiger partial charge in [0.2, 0.25) is 0 Å². The molecule has 2 aliphatic carbocycles. The van der Waals surface area contributed by atoms with E-state index in [1.54, 1.807) is 12.1 Å². The van der Waals surface area contributed by atoms with Crippen molar-refractivity contribution in [1.82, 2.24) is 0 Å². The maximum Gasteiger partial charge on any atom is 0.123 e. The largest absolute Gasteiger partial charge is 0.313 e. The van der Waals surface area contributed by atoms with E-state index >= 15 is 0 Å². The van der Waals surface area contributed by atoms with E-state index in [1.165, 1.54) is 75.1 Å². The van der Waals surface area contributed by atoms with Gasteiger partial charge < -0.3 is 5.41 Å². The summed E-state index contributed by atoms with van der Waals surface area (Å²) >= 11 is 0. The maximum atomic E-state index is 13.2. The number of halogens is 1. The Morgan fingerprint density at radius 2 is 1.30 bits per heavy atom. The first kappa shape index (κ1) is 40.3. The molecular weight excluding hydrogens is 453 g/mol. The van der Waals surface area contributed by atoms with E-state index in [0.717, 1.165) is 31.1 Å². The normalized spacial score (nSPS) is 14.1. The molecule has 0 atom stereocenters. The van der Waals surface area contributed by atoms with Crippen LogP contribution in [-0.4, -0.2) is 6.21 Å². The zero-order valence-corrected chi connectivity index (χ0v) is 27.4. The lowest BCUT2D eigenvalue weighted by Gasteiger charge is -2.15. The second-order valence-electron chi connectivity index (χ2n) is 11.7. The summed E-state index contributed by atoms with van der Waals surface area (Å²) in [6.07, 6.45) is 17.2. The van der Waals surface area contributed by atoms with Gasteiger partial charge in [-0.15, -0.1) is 0 Å². The lowest BCUT2D eigenvalue weighted by atomic mass is 9.91. The van der Waals surface area contributed by atoms with Crippen LogP contribution in [0.2, 0.25) is 0 Å². The highest BCUT2D eigenvalue weighted by atomic mass is 19.1. The average Bonchev–Trinajstić information content (AvgIpc) is 3.36. The lowest BCUT2D eigenvalue weighted by Crippen LogP contribution is -2.09. The van der Waals surface area contributed by atoms with Crippen molar-refractivity contribution in [1.29, 1.82) is 5.41 Å². The van der Waals surface area contributed by atoms with E-state index in [9.17, 15) is 4.39 Å². The highest BCUT2D eigenvalue weighted by Gasteiger charge is 2.19. The van der Waals surface area contributed by atoms with Crippen LogP contribution in [0.15, 0.2) is 18.2 Å². The summed E-state index contributed by atoms with van der Waals surface area (Å²) in [5.74, 6) is 2.32. The van der Waals surface area contributed by atoms with Crippen LogP contribution in [0.4, 0.5) is 4.39 Å². The first-order chi connectivity index (χ1) is 17.5. The number of hydrogen-bond donors (Lipinski definition) is 1. The third-order valence-electron chi connectivity index (χ3n) is 7.05. The number of rotatable bonds is 6. The van der Waals surface area contributed by atoms with Crippen molar-refractivity contribution >= 4 is 6.21 Å². The highest BCUT2D eigenvalue weighted by molar-refractivity contribution is 5.60. The highest BCUT2D eigenvalue weighted by Crippen LogP contribution is 2.36. The first-order valence-electron chi connectivity index (χ1n) is 15.8. The van der Waals surface area contributed by atoms with Gasteiger partial charge in [-0.25, -0.2) is 4.39 Å². The third-order valence-corrected chi connectivity index (χ3v) is 7.05. The summed E-state index contributed by atoms with van der Waals surface area (Å²) in [5.41, 5.74) is 2.78. The minimum absolute atomic E-state index is 0.0832. The van der Waals surface area contributed by atoms with Crippen molar-refractivity contribution in [2.45, 2.75) is 166 Å². The Morgan fingerprint density at radius 1 is 0.865 bits per heavy atom. The summed E-state index contributed by atoms with van der Waals surface area (Å²) in [6.45, 7) is 25.6. The van der Waals surface area contributed by atoms with Gasteiger partial charge >= 0.3 is 0 Å². The van der Waals surface area contributed by atoms with Crippen molar-refractivity contribution in [2.75, 3.05) is 0 Å². The van der Waals surface area contributed by atoms with Crippen LogP contribution in [0.5, 0.6) is 0 Å². The molecule has 0 bridgehead atoms. The number of nitrogens with one attached hydrogen (secondary N) is 1. The second kappa shape index (κ2) is 26.4. The van der Waals surface area contributed by atoms with Gasteiger partial charge in [-0.3, -0.25) is 0 Å². The molecule has 2 fully saturated rings.